The molecule has 3 N–H and O–H groups in total. The highest BCUT2D eigenvalue weighted by molar-refractivity contribution is 5.85. The van der Waals surface area contributed by atoms with Crippen molar-refractivity contribution in [1.29, 1.82) is 0 Å². The predicted octanol–water partition coefficient (Wildman–Crippen LogP) is 2.25. The van der Waals surface area contributed by atoms with E-state index in [0.717, 1.165) is 19.3 Å². The summed E-state index contributed by atoms with van der Waals surface area (Å²) in [6.07, 6.45) is 2.92. The van der Waals surface area contributed by atoms with E-state index in [1.54, 1.807) is 12.1 Å². The second-order valence-corrected chi connectivity index (χ2v) is 5.21. The fourth-order valence-electron chi connectivity index (χ4n) is 2.78. The fraction of sp³-hybridized carbons (Fsp3) is 0.533. The molecule has 0 aromatic heterocycles. The van der Waals surface area contributed by atoms with Gasteiger partial charge in [-0.2, -0.15) is 0 Å². The summed E-state index contributed by atoms with van der Waals surface area (Å²) in [7, 11) is 1.49. The van der Waals surface area contributed by atoms with Gasteiger partial charge in [0.1, 0.15) is 11.6 Å². The van der Waals surface area contributed by atoms with Crippen molar-refractivity contribution in [2.24, 2.45) is 17.6 Å². The van der Waals surface area contributed by atoms with Gasteiger partial charge in [0.15, 0.2) is 0 Å². The Labute approximate surface area is 130 Å². The van der Waals surface area contributed by atoms with Crippen LogP contribution in [0.15, 0.2) is 18.2 Å². The Morgan fingerprint density at radius 1 is 1.48 bits per heavy atom. The Morgan fingerprint density at radius 2 is 2.24 bits per heavy atom. The second kappa shape index (κ2) is 8.20. The van der Waals surface area contributed by atoms with Crippen molar-refractivity contribution in [3.63, 3.8) is 0 Å². The number of hydrogen-bond acceptors (Lipinski definition) is 3. The van der Waals surface area contributed by atoms with E-state index in [1.165, 1.54) is 13.2 Å². The lowest BCUT2D eigenvalue weighted by molar-refractivity contribution is -0.126. The molecule has 1 aliphatic rings. The van der Waals surface area contributed by atoms with Crippen molar-refractivity contribution in [3.8, 4) is 5.75 Å². The van der Waals surface area contributed by atoms with Gasteiger partial charge in [-0.15, -0.1) is 12.4 Å². The van der Waals surface area contributed by atoms with Gasteiger partial charge in [0.05, 0.1) is 7.11 Å². The van der Waals surface area contributed by atoms with Crippen LogP contribution in [0.1, 0.15) is 24.8 Å². The number of nitrogens with two attached hydrogens (primary N) is 1. The van der Waals surface area contributed by atoms with Crippen LogP contribution in [0.5, 0.6) is 5.75 Å². The number of benzene rings is 1. The first-order chi connectivity index (χ1) is 9.65. The van der Waals surface area contributed by atoms with Crippen LogP contribution < -0.4 is 15.8 Å². The standard InChI is InChI=1S/C15H21FN2O2.ClH/c1-20-12-6-5-11(14(16)7-12)9-18-15(19)13-4-2-3-10(13)8-17;/h5-7,10,13H,2-4,8-9,17H2,1H3,(H,18,19);1H/t10-,13-;/m1./s1. The maximum Gasteiger partial charge on any atom is 0.223 e. The minimum absolute atomic E-state index is 0. The molecule has 21 heavy (non-hydrogen) atoms. The Morgan fingerprint density at radius 3 is 2.86 bits per heavy atom. The molecule has 1 saturated carbocycles. The highest BCUT2D eigenvalue weighted by Gasteiger charge is 2.31. The molecule has 118 valence electrons. The minimum Gasteiger partial charge on any atom is -0.497 e. The average molecular weight is 317 g/mol. The van der Waals surface area contributed by atoms with Crippen LogP contribution in [0.25, 0.3) is 0 Å². The van der Waals surface area contributed by atoms with E-state index in [9.17, 15) is 9.18 Å². The number of carbonyl (C=O) groups is 1. The predicted molar refractivity (Wildman–Crippen MR) is 81.9 cm³/mol. The van der Waals surface area contributed by atoms with Crippen molar-refractivity contribution in [2.45, 2.75) is 25.8 Å². The Kier molecular flexibility index (Phi) is 6.92. The van der Waals surface area contributed by atoms with E-state index in [4.69, 9.17) is 10.5 Å². The molecule has 1 aromatic rings. The highest BCUT2D eigenvalue weighted by atomic mass is 35.5. The van der Waals surface area contributed by atoms with E-state index in [0.29, 0.717) is 17.9 Å². The zero-order chi connectivity index (χ0) is 14.5. The van der Waals surface area contributed by atoms with Gasteiger partial charge in [0.2, 0.25) is 5.91 Å². The highest BCUT2D eigenvalue weighted by Crippen LogP contribution is 2.31. The lowest BCUT2D eigenvalue weighted by Crippen LogP contribution is -2.34. The van der Waals surface area contributed by atoms with Crippen LogP contribution in [0, 0.1) is 17.7 Å². The summed E-state index contributed by atoms with van der Waals surface area (Å²) in [4.78, 5) is 12.1. The monoisotopic (exact) mass is 316 g/mol. The van der Waals surface area contributed by atoms with Gasteiger partial charge < -0.3 is 15.8 Å². The minimum atomic E-state index is -0.369. The van der Waals surface area contributed by atoms with Crippen LogP contribution in [-0.4, -0.2) is 19.6 Å². The van der Waals surface area contributed by atoms with E-state index in [2.05, 4.69) is 5.32 Å². The topological polar surface area (TPSA) is 64.3 Å². The molecule has 1 amide bonds. The van der Waals surface area contributed by atoms with Crippen LogP contribution in [0.2, 0.25) is 0 Å². The molecule has 0 spiro atoms. The smallest absolute Gasteiger partial charge is 0.223 e. The van der Waals surface area contributed by atoms with Crippen molar-refractivity contribution in [1.82, 2.24) is 5.32 Å². The quantitative estimate of drug-likeness (QED) is 0.875. The molecule has 0 heterocycles. The third-order valence-corrected chi connectivity index (χ3v) is 4.01. The summed E-state index contributed by atoms with van der Waals surface area (Å²) >= 11 is 0. The van der Waals surface area contributed by atoms with Crippen molar-refractivity contribution >= 4 is 18.3 Å². The summed E-state index contributed by atoms with van der Waals surface area (Å²) in [6.45, 7) is 0.734. The fourth-order valence-corrected chi connectivity index (χ4v) is 2.78. The molecule has 4 nitrogen and oxygen atoms in total. The molecule has 1 fully saturated rings. The second-order valence-electron chi connectivity index (χ2n) is 5.21. The average Bonchev–Trinajstić information content (AvgIpc) is 2.94. The maximum atomic E-state index is 13.8. The molecular formula is C15H22ClFN2O2. The number of ether oxygens (including phenoxy) is 1. The lowest BCUT2D eigenvalue weighted by atomic mass is 9.95. The summed E-state index contributed by atoms with van der Waals surface area (Å²) in [5.74, 6) is 0.313. The summed E-state index contributed by atoms with van der Waals surface area (Å²) in [5.41, 5.74) is 6.13. The Balaban J connectivity index is 0.00000220. The molecule has 0 saturated heterocycles. The molecule has 0 aliphatic heterocycles. The van der Waals surface area contributed by atoms with Crippen LogP contribution >= 0.6 is 12.4 Å². The van der Waals surface area contributed by atoms with Crippen molar-refractivity contribution < 1.29 is 13.9 Å². The van der Waals surface area contributed by atoms with Crippen LogP contribution in [0.4, 0.5) is 4.39 Å². The molecule has 0 radical (unpaired) electrons. The third-order valence-electron chi connectivity index (χ3n) is 4.01. The zero-order valence-electron chi connectivity index (χ0n) is 12.1. The number of methoxy groups -OCH3 is 1. The van der Waals surface area contributed by atoms with Crippen LogP contribution in [0.3, 0.4) is 0 Å². The van der Waals surface area contributed by atoms with Crippen molar-refractivity contribution in [2.75, 3.05) is 13.7 Å². The Hall–Kier alpha value is -1.33. The van der Waals surface area contributed by atoms with Gasteiger partial charge in [-0.1, -0.05) is 12.5 Å². The van der Waals surface area contributed by atoms with Crippen molar-refractivity contribution in [3.05, 3.63) is 29.6 Å². The van der Waals surface area contributed by atoms with E-state index < -0.39 is 0 Å². The van der Waals surface area contributed by atoms with Gasteiger partial charge >= 0.3 is 0 Å². The van der Waals surface area contributed by atoms with Gasteiger partial charge in [-0.25, -0.2) is 4.39 Å². The summed E-state index contributed by atoms with van der Waals surface area (Å²) in [5, 5.41) is 2.81. The number of carbonyl (C=O) groups excluding carboxylic acids is 1. The first-order valence-electron chi connectivity index (χ1n) is 6.96. The molecule has 1 aromatic carbocycles. The third kappa shape index (κ3) is 4.32. The molecule has 2 rings (SSSR count). The molecule has 6 heteroatoms. The molecule has 0 bridgehead atoms. The number of rotatable bonds is 5. The van der Waals surface area contributed by atoms with Gasteiger partial charge in [0.25, 0.3) is 0 Å². The largest absolute Gasteiger partial charge is 0.497 e. The van der Waals surface area contributed by atoms with Crippen LogP contribution in [-0.2, 0) is 11.3 Å². The normalized spacial score (nSPS) is 20.7. The van der Waals surface area contributed by atoms with E-state index >= 15 is 0 Å². The molecule has 0 unspecified atom stereocenters. The SMILES string of the molecule is COc1ccc(CNC(=O)[C@@H]2CCC[C@@H]2CN)c(F)c1.Cl. The molecule has 1 aliphatic carbocycles. The first kappa shape index (κ1) is 17.7. The maximum absolute atomic E-state index is 13.8. The summed E-state index contributed by atoms with van der Waals surface area (Å²) < 4.78 is 18.7. The Bertz CT molecular complexity index is 485. The molecule has 2 atom stereocenters. The lowest BCUT2D eigenvalue weighted by Gasteiger charge is -2.17. The van der Waals surface area contributed by atoms with E-state index in [1.807, 2.05) is 0 Å². The number of hydrogen-bond donors (Lipinski definition) is 2. The van der Waals surface area contributed by atoms with Gasteiger partial charge in [-0.3, -0.25) is 4.79 Å². The summed E-state index contributed by atoms with van der Waals surface area (Å²) in [6, 6.07) is 4.63. The zero-order valence-corrected chi connectivity index (χ0v) is 12.9. The first-order valence-corrected chi connectivity index (χ1v) is 6.96. The number of halogens is 2. The number of amides is 1. The van der Waals surface area contributed by atoms with Gasteiger partial charge in [0, 0.05) is 24.1 Å². The van der Waals surface area contributed by atoms with E-state index in [-0.39, 0.29) is 42.5 Å². The van der Waals surface area contributed by atoms with Gasteiger partial charge in [-0.05, 0) is 31.4 Å². The molecular weight excluding hydrogens is 295 g/mol. The number of nitrogens with one attached hydrogen (secondary N) is 1.